The fourth-order valence-corrected chi connectivity index (χ4v) is 1.30. The monoisotopic (exact) mass is 232 g/mol. The number of halogens is 2. The highest BCUT2D eigenvalue weighted by molar-refractivity contribution is 9.10. The van der Waals surface area contributed by atoms with Crippen LogP contribution in [0.1, 0.15) is 0 Å². The zero-order chi connectivity index (χ0) is 7.84. The number of aromatic nitrogens is 4. The van der Waals surface area contributed by atoms with E-state index in [1.165, 1.54) is 0 Å². The van der Waals surface area contributed by atoms with Crippen molar-refractivity contribution in [3.8, 4) is 0 Å². The third-order valence-corrected chi connectivity index (χ3v) is 1.88. The number of hydrogen-bond acceptors (Lipinski definition) is 3. The summed E-state index contributed by atoms with van der Waals surface area (Å²) in [5.41, 5.74) is 0.629. The van der Waals surface area contributed by atoms with Crippen molar-refractivity contribution in [2.24, 2.45) is 0 Å². The topological polar surface area (TPSA) is 43.1 Å². The van der Waals surface area contributed by atoms with Gasteiger partial charge in [0.05, 0.1) is 12.4 Å². The van der Waals surface area contributed by atoms with E-state index in [1.807, 2.05) is 0 Å². The van der Waals surface area contributed by atoms with Gasteiger partial charge < -0.3 is 0 Å². The van der Waals surface area contributed by atoms with E-state index < -0.39 is 0 Å². The summed E-state index contributed by atoms with van der Waals surface area (Å²) in [7, 11) is 0. The smallest absolute Gasteiger partial charge is 0.243 e. The lowest BCUT2D eigenvalue weighted by molar-refractivity contribution is 0.919. The average molecular weight is 233 g/mol. The van der Waals surface area contributed by atoms with E-state index in [2.05, 4.69) is 31.0 Å². The summed E-state index contributed by atoms with van der Waals surface area (Å²) >= 11 is 8.81. The quantitative estimate of drug-likeness (QED) is 0.693. The summed E-state index contributed by atoms with van der Waals surface area (Å²) in [4.78, 5) is 7.80. The Kier molecular flexibility index (Phi) is 1.54. The van der Waals surface area contributed by atoms with Gasteiger partial charge in [-0.15, -0.1) is 5.10 Å². The summed E-state index contributed by atoms with van der Waals surface area (Å²) in [5.74, 6) is 0. The van der Waals surface area contributed by atoms with Crippen LogP contribution in [-0.2, 0) is 0 Å². The molecule has 11 heavy (non-hydrogen) atoms. The molecule has 0 saturated carbocycles. The normalized spacial score (nSPS) is 10.7. The van der Waals surface area contributed by atoms with Gasteiger partial charge in [0.2, 0.25) is 5.28 Å². The van der Waals surface area contributed by atoms with Crippen molar-refractivity contribution in [3.63, 3.8) is 0 Å². The SMILES string of the molecule is Clc1nc2cncc(Br)n2n1. The van der Waals surface area contributed by atoms with Crippen LogP contribution < -0.4 is 0 Å². The van der Waals surface area contributed by atoms with Crippen molar-refractivity contribution in [3.05, 3.63) is 22.3 Å². The van der Waals surface area contributed by atoms with Gasteiger partial charge in [0.1, 0.15) is 4.60 Å². The highest BCUT2D eigenvalue weighted by Crippen LogP contribution is 2.11. The molecular formula is C5H2BrClN4. The van der Waals surface area contributed by atoms with Gasteiger partial charge in [-0.3, -0.25) is 4.98 Å². The van der Waals surface area contributed by atoms with Gasteiger partial charge in [-0.05, 0) is 27.5 Å². The van der Waals surface area contributed by atoms with Crippen LogP contribution in [0.4, 0.5) is 0 Å². The molecule has 0 amide bonds. The van der Waals surface area contributed by atoms with Crippen molar-refractivity contribution in [2.75, 3.05) is 0 Å². The van der Waals surface area contributed by atoms with Gasteiger partial charge in [-0.2, -0.15) is 4.98 Å². The molecule has 56 valence electrons. The van der Waals surface area contributed by atoms with Crippen LogP contribution in [-0.4, -0.2) is 19.6 Å². The van der Waals surface area contributed by atoms with Gasteiger partial charge >= 0.3 is 0 Å². The number of fused-ring (bicyclic) bond motifs is 1. The molecule has 0 aliphatic heterocycles. The Bertz CT molecular complexity index is 398. The molecule has 0 saturated heterocycles. The van der Waals surface area contributed by atoms with Crippen molar-refractivity contribution in [1.29, 1.82) is 0 Å². The van der Waals surface area contributed by atoms with Gasteiger partial charge in [0.15, 0.2) is 5.65 Å². The minimum atomic E-state index is 0.221. The summed E-state index contributed by atoms with van der Waals surface area (Å²) in [5, 5.41) is 4.12. The fourth-order valence-electron chi connectivity index (χ4n) is 0.759. The van der Waals surface area contributed by atoms with Gasteiger partial charge in [0, 0.05) is 0 Å². The molecule has 0 radical (unpaired) electrons. The summed E-state index contributed by atoms with van der Waals surface area (Å²) in [6, 6.07) is 0. The predicted molar refractivity (Wildman–Crippen MR) is 43.5 cm³/mol. The molecule has 0 spiro atoms. The molecule has 0 unspecified atom stereocenters. The van der Waals surface area contributed by atoms with Crippen molar-refractivity contribution in [2.45, 2.75) is 0 Å². The minimum absolute atomic E-state index is 0.221. The standard InChI is InChI=1S/C5H2BrClN4/c6-3-1-8-2-4-9-5(7)10-11(3)4/h1-2H. The Hall–Kier alpha value is -0.680. The third-order valence-electron chi connectivity index (χ3n) is 1.18. The molecule has 0 aliphatic rings. The Balaban J connectivity index is 2.90. The van der Waals surface area contributed by atoms with E-state index in [4.69, 9.17) is 11.6 Å². The Labute approximate surface area is 75.3 Å². The Morgan fingerprint density at radius 3 is 3.00 bits per heavy atom. The van der Waals surface area contributed by atoms with Crippen molar-refractivity contribution in [1.82, 2.24) is 19.6 Å². The van der Waals surface area contributed by atoms with Crippen LogP contribution in [0.25, 0.3) is 5.65 Å². The average Bonchev–Trinajstić information content (AvgIpc) is 2.31. The maximum absolute atomic E-state index is 5.56. The van der Waals surface area contributed by atoms with Crippen molar-refractivity contribution < 1.29 is 0 Å². The lowest BCUT2D eigenvalue weighted by Gasteiger charge is -1.90. The Morgan fingerprint density at radius 1 is 1.45 bits per heavy atom. The van der Waals surface area contributed by atoms with Crippen LogP contribution in [0, 0.1) is 0 Å². The number of rotatable bonds is 0. The molecule has 0 bridgehead atoms. The molecule has 2 rings (SSSR count). The first-order chi connectivity index (χ1) is 5.27. The lowest BCUT2D eigenvalue weighted by atomic mass is 10.7. The molecular weight excluding hydrogens is 231 g/mol. The maximum atomic E-state index is 5.56. The molecule has 0 atom stereocenters. The van der Waals surface area contributed by atoms with Gasteiger partial charge in [0.25, 0.3) is 0 Å². The first-order valence-electron chi connectivity index (χ1n) is 2.79. The van der Waals surface area contributed by atoms with E-state index in [0.29, 0.717) is 5.65 Å². The first kappa shape index (κ1) is 7.00. The van der Waals surface area contributed by atoms with Crippen LogP contribution >= 0.6 is 27.5 Å². The van der Waals surface area contributed by atoms with Gasteiger partial charge in [-0.1, -0.05) is 0 Å². The van der Waals surface area contributed by atoms with Crippen LogP contribution in [0.5, 0.6) is 0 Å². The molecule has 2 heterocycles. The number of hydrogen-bond donors (Lipinski definition) is 0. The van der Waals surface area contributed by atoms with E-state index >= 15 is 0 Å². The summed E-state index contributed by atoms with van der Waals surface area (Å²) in [6.07, 6.45) is 3.21. The molecule has 0 N–H and O–H groups in total. The molecule has 2 aromatic heterocycles. The molecule has 0 aliphatic carbocycles. The lowest BCUT2D eigenvalue weighted by Crippen LogP contribution is -1.89. The highest BCUT2D eigenvalue weighted by Gasteiger charge is 2.02. The second-order valence-corrected chi connectivity index (χ2v) is 3.03. The molecule has 6 heteroatoms. The summed E-state index contributed by atoms with van der Waals surface area (Å²) in [6.45, 7) is 0. The molecule has 0 aromatic carbocycles. The zero-order valence-corrected chi connectivity index (χ0v) is 7.54. The van der Waals surface area contributed by atoms with E-state index in [0.717, 1.165) is 4.60 Å². The van der Waals surface area contributed by atoms with Crippen LogP contribution in [0.3, 0.4) is 0 Å². The Morgan fingerprint density at radius 2 is 2.27 bits per heavy atom. The molecule has 4 nitrogen and oxygen atoms in total. The second kappa shape index (κ2) is 2.42. The highest BCUT2D eigenvalue weighted by atomic mass is 79.9. The predicted octanol–water partition coefficient (Wildman–Crippen LogP) is 1.54. The zero-order valence-electron chi connectivity index (χ0n) is 5.20. The maximum Gasteiger partial charge on any atom is 0.243 e. The van der Waals surface area contributed by atoms with E-state index in [1.54, 1.807) is 16.9 Å². The number of nitrogens with zero attached hydrogens (tertiary/aromatic N) is 4. The largest absolute Gasteiger partial charge is 0.258 e. The van der Waals surface area contributed by atoms with Crippen LogP contribution in [0.2, 0.25) is 5.28 Å². The third kappa shape index (κ3) is 1.10. The van der Waals surface area contributed by atoms with E-state index in [-0.39, 0.29) is 5.28 Å². The molecule has 2 aromatic rings. The van der Waals surface area contributed by atoms with Gasteiger partial charge in [-0.25, -0.2) is 4.52 Å². The van der Waals surface area contributed by atoms with Crippen LogP contribution in [0.15, 0.2) is 17.0 Å². The van der Waals surface area contributed by atoms with E-state index in [9.17, 15) is 0 Å². The second-order valence-electron chi connectivity index (χ2n) is 1.88. The minimum Gasteiger partial charge on any atom is -0.258 e. The fraction of sp³-hybridized carbons (Fsp3) is 0. The molecule has 0 fully saturated rings. The summed E-state index contributed by atoms with van der Waals surface area (Å²) < 4.78 is 2.30. The first-order valence-corrected chi connectivity index (χ1v) is 3.96. The van der Waals surface area contributed by atoms with Crippen molar-refractivity contribution >= 4 is 33.2 Å².